The third-order valence-electron chi connectivity index (χ3n) is 4.08. The van der Waals surface area contributed by atoms with Crippen LogP contribution in [0.2, 0.25) is 0 Å². The summed E-state index contributed by atoms with van der Waals surface area (Å²) in [6, 6.07) is 15.5. The highest BCUT2D eigenvalue weighted by Crippen LogP contribution is 2.24. The van der Waals surface area contributed by atoms with Gasteiger partial charge in [-0.3, -0.25) is 0 Å². The van der Waals surface area contributed by atoms with E-state index in [4.69, 9.17) is 13.9 Å². The first-order valence-corrected chi connectivity index (χ1v) is 9.88. The molecule has 3 aromatic rings. The van der Waals surface area contributed by atoms with Gasteiger partial charge in [-0.25, -0.2) is 9.18 Å². The Balaban J connectivity index is 1.53. The minimum absolute atomic E-state index is 0.0243. The molecule has 2 N–H and O–H groups in total. The van der Waals surface area contributed by atoms with E-state index in [0.29, 0.717) is 35.7 Å². The van der Waals surface area contributed by atoms with Gasteiger partial charge in [0.2, 0.25) is 0 Å². The third-order valence-corrected chi connectivity index (χ3v) is 4.08. The largest absolute Gasteiger partial charge is 0.489 e. The molecule has 0 saturated heterocycles. The predicted octanol–water partition coefficient (Wildman–Crippen LogP) is 5.20. The number of amides is 1. The third kappa shape index (κ3) is 7.02. The van der Waals surface area contributed by atoms with Crippen LogP contribution in [0.3, 0.4) is 0 Å². The maximum Gasteiger partial charge on any atom is 0.407 e. The Morgan fingerprint density at radius 2 is 1.97 bits per heavy atom. The first kappa shape index (κ1) is 22.1. The number of ether oxygens (including phenoxy) is 2. The SMILES string of the molecule is CC(C)(C)OC(=O)NC/C(=C\F)COc1ccc2nc(NCc3ccccc3)oc2c1. The number of benzene rings is 2. The Hall–Kier alpha value is -3.55. The number of hydrogen-bond donors (Lipinski definition) is 2. The fourth-order valence-corrected chi connectivity index (χ4v) is 2.64. The molecule has 7 nitrogen and oxygen atoms in total. The van der Waals surface area contributed by atoms with E-state index in [0.717, 1.165) is 5.56 Å². The van der Waals surface area contributed by atoms with Gasteiger partial charge < -0.3 is 24.5 Å². The summed E-state index contributed by atoms with van der Waals surface area (Å²) in [5, 5.41) is 5.64. The zero-order valence-corrected chi connectivity index (χ0v) is 17.8. The predicted molar refractivity (Wildman–Crippen MR) is 117 cm³/mol. The molecule has 0 fully saturated rings. The molecule has 1 aromatic heterocycles. The van der Waals surface area contributed by atoms with E-state index >= 15 is 0 Å². The maximum absolute atomic E-state index is 13.2. The molecular weight excluding hydrogens is 401 g/mol. The molecule has 0 bridgehead atoms. The Bertz CT molecular complexity index is 1040. The molecule has 0 saturated carbocycles. The first-order valence-electron chi connectivity index (χ1n) is 9.88. The molecule has 2 aromatic carbocycles. The maximum atomic E-state index is 13.2. The van der Waals surface area contributed by atoms with Gasteiger partial charge in [0.25, 0.3) is 6.01 Å². The summed E-state index contributed by atoms with van der Waals surface area (Å²) in [7, 11) is 0. The van der Waals surface area contributed by atoms with Gasteiger partial charge in [0.05, 0.1) is 6.33 Å². The molecule has 0 unspecified atom stereocenters. The van der Waals surface area contributed by atoms with Crippen molar-refractivity contribution < 1.29 is 23.1 Å². The average Bonchev–Trinajstić information content (AvgIpc) is 3.14. The normalized spacial score (nSPS) is 11.9. The van der Waals surface area contributed by atoms with Gasteiger partial charge in [-0.2, -0.15) is 4.98 Å². The summed E-state index contributed by atoms with van der Waals surface area (Å²) in [5.41, 5.74) is 1.97. The molecular formula is C23H26FN3O4. The highest BCUT2D eigenvalue weighted by Gasteiger charge is 2.16. The minimum Gasteiger partial charge on any atom is -0.489 e. The molecule has 1 amide bonds. The number of oxazole rings is 1. The molecule has 0 aliphatic carbocycles. The molecule has 1 heterocycles. The van der Waals surface area contributed by atoms with E-state index in [1.54, 1.807) is 39.0 Å². The number of hydrogen-bond acceptors (Lipinski definition) is 6. The number of rotatable bonds is 8. The van der Waals surface area contributed by atoms with Crippen LogP contribution in [-0.2, 0) is 11.3 Å². The molecule has 0 aliphatic rings. The first-order chi connectivity index (χ1) is 14.8. The van der Waals surface area contributed by atoms with E-state index in [9.17, 15) is 9.18 Å². The summed E-state index contributed by atoms with van der Waals surface area (Å²) in [4.78, 5) is 16.1. The quantitative estimate of drug-likeness (QED) is 0.514. The number of aromatic nitrogens is 1. The molecule has 0 spiro atoms. The van der Waals surface area contributed by atoms with E-state index in [-0.39, 0.29) is 18.7 Å². The van der Waals surface area contributed by atoms with Crippen molar-refractivity contribution in [3.63, 3.8) is 0 Å². The lowest BCUT2D eigenvalue weighted by Crippen LogP contribution is -2.34. The molecule has 0 aliphatic heterocycles. The van der Waals surface area contributed by atoms with Crippen LogP contribution in [0, 0.1) is 0 Å². The Morgan fingerprint density at radius 1 is 1.19 bits per heavy atom. The highest BCUT2D eigenvalue weighted by molar-refractivity contribution is 5.76. The van der Waals surface area contributed by atoms with Gasteiger partial charge in [0, 0.05) is 24.7 Å². The number of carbonyl (C=O) groups excluding carboxylic acids is 1. The molecule has 31 heavy (non-hydrogen) atoms. The highest BCUT2D eigenvalue weighted by atomic mass is 19.1. The van der Waals surface area contributed by atoms with Crippen LogP contribution in [0.1, 0.15) is 26.3 Å². The van der Waals surface area contributed by atoms with Crippen molar-refractivity contribution in [2.24, 2.45) is 0 Å². The average molecular weight is 427 g/mol. The molecule has 164 valence electrons. The van der Waals surface area contributed by atoms with Gasteiger partial charge in [-0.15, -0.1) is 0 Å². The topological polar surface area (TPSA) is 85.6 Å². The van der Waals surface area contributed by atoms with Crippen LogP contribution in [0.25, 0.3) is 11.1 Å². The van der Waals surface area contributed by atoms with Gasteiger partial charge in [0.15, 0.2) is 5.58 Å². The minimum atomic E-state index is -0.624. The zero-order chi connectivity index (χ0) is 22.3. The van der Waals surface area contributed by atoms with Gasteiger partial charge in [0.1, 0.15) is 23.5 Å². The number of halogens is 1. The van der Waals surface area contributed by atoms with Crippen molar-refractivity contribution in [2.45, 2.75) is 32.9 Å². The van der Waals surface area contributed by atoms with Crippen LogP contribution in [0.5, 0.6) is 5.75 Å². The van der Waals surface area contributed by atoms with Crippen molar-refractivity contribution in [3.8, 4) is 5.75 Å². The zero-order valence-electron chi connectivity index (χ0n) is 17.8. The summed E-state index contributed by atoms with van der Waals surface area (Å²) in [5.74, 6) is 0.495. The van der Waals surface area contributed by atoms with Crippen molar-refractivity contribution in [1.82, 2.24) is 10.3 Å². The van der Waals surface area contributed by atoms with Crippen LogP contribution in [0.4, 0.5) is 15.2 Å². The summed E-state index contributed by atoms with van der Waals surface area (Å²) >= 11 is 0. The molecule has 0 atom stereocenters. The fraction of sp³-hybridized carbons (Fsp3) is 0.304. The Kier molecular flexibility index (Phi) is 7.12. The van der Waals surface area contributed by atoms with Crippen molar-refractivity contribution in [3.05, 3.63) is 66.0 Å². The van der Waals surface area contributed by atoms with Gasteiger partial charge >= 0.3 is 6.09 Å². The number of nitrogens with one attached hydrogen (secondary N) is 2. The number of fused-ring (bicyclic) bond motifs is 1. The Morgan fingerprint density at radius 3 is 2.68 bits per heavy atom. The second-order valence-electron chi connectivity index (χ2n) is 7.90. The van der Waals surface area contributed by atoms with Gasteiger partial charge in [-0.1, -0.05) is 30.3 Å². The van der Waals surface area contributed by atoms with E-state index in [1.165, 1.54) is 0 Å². The molecule has 0 radical (unpaired) electrons. The van der Waals surface area contributed by atoms with Crippen LogP contribution in [-0.4, -0.2) is 29.8 Å². The second kappa shape index (κ2) is 9.97. The summed E-state index contributed by atoms with van der Waals surface area (Å²) in [6.45, 7) is 5.79. The van der Waals surface area contributed by atoms with Crippen LogP contribution in [0.15, 0.2) is 64.9 Å². The standard InChI is InChI=1S/C23H26FN3O4/c1-23(2,3)31-22(28)26-14-17(12-24)15-29-18-9-10-19-20(11-18)30-21(27-19)25-13-16-7-5-4-6-8-16/h4-12H,13-15H2,1-3H3,(H,25,27)(H,26,28)/b17-12+. The smallest absolute Gasteiger partial charge is 0.407 e. The molecule has 3 rings (SSSR count). The summed E-state index contributed by atoms with van der Waals surface area (Å²) in [6.07, 6.45) is -0.207. The van der Waals surface area contributed by atoms with Crippen LogP contribution >= 0.6 is 0 Å². The van der Waals surface area contributed by atoms with E-state index in [2.05, 4.69) is 15.6 Å². The monoisotopic (exact) mass is 427 g/mol. The lowest BCUT2D eigenvalue weighted by Gasteiger charge is -2.20. The number of alkyl carbamates (subject to hydrolysis) is 1. The molecule has 8 heteroatoms. The fourth-order valence-electron chi connectivity index (χ4n) is 2.64. The Labute approximate surface area is 180 Å². The van der Waals surface area contributed by atoms with Crippen molar-refractivity contribution in [1.29, 1.82) is 0 Å². The number of nitrogens with zero attached hydrogens (tertiary/aromatic N) is 1. The van der Waals surface area contributed by atoms with Crippen molar-refractivity contribution in [2.75, 3.05) is 18.5 Å². The van der Waals surface area contributed by atoms with Crippen molar-refractivity contribution >= 4 is 23.2 Å². The number of carbonyl (C=O) groups is 1. The number of anilines is 1. The van der Waals surface area contributed by atoms with Gasteiger partial charge in [-0.05, 0) is 38.5 Å². The lowest BCUT2D eigenvalue weighted by molar-refractivity contribution is 0.0531. The summed E-state index contributed by atoms with van der Waals surface area (Å²) < 4.78 is 29.6. The second-order valence-corrected chi connectivity index (χ2v) is 7.90. The van der Waals surface area contributed by atoms with E-state index in [1.807, 2.05) is 30.3 Å². The van der Waals surface area contributed by atoms with E-state index < -0.39 is 11.7 Å². The lowest BCUT2D eigenvalue weighted by atomic mass is 10.2. The van der Waals surface area contributed by atoms with Crippen LogP contribution < -0.4 is 15.4 Å².